The van der Waals surface area contributed by atoms with Crippen molar-refractivity contribution >= 4 is 5.97 Å². The summed E-state index contributed by atoms with van der Waals surface area (Å²) >= 11 is 0. The van der Waals surface area contributed by atoms with Gasteiger partial charge in [0.15, 0.2) is 0 Å². The molecule has 0 amide bonds. The predicted molar refractivity (Wildman–Crippen MR) is 82.1 cm³/mol. The molecule has 0 aromatic heterocycles. The third-order valence-corrected chi connectivity index (χ3v) is 3.21. The Bertz CT molecular complexity index is 303. The highest BCUT2D eigenvalue weighted by Crippen LogP contribution is 2.12. The lowest BCUT2D eigenvalue weighted by Crippen LogP contribution is -2.02. The van der Waals surface area contributed by atoms with Crippen LogP contribution >= 0.6 is 0 Å². The van der Waals surface area contributed by atoms with Crippen LogP contribution in [0.25, 0.3) is 0 Å². The van der Waals surface area contributed by atoms with Gasteiger partial charge in [-0.25, -0.2) is 4.79 Å². The molecule has 0 aromatic carbocycles. The smallest absolute Gasteiger partial charge is 0.331 e. The summed E-state index contributed by atoms with van der Waals surface area (Å²) < 4.78 is 4.95. The number of hydrogen-bond acceptors (Lipinski definition) is 3. The van der Waals surface area contributed by atoms with Crippen LogP contribution in [0.15, 0.2) is 12.2 Å². The lowest BCUT2D eigenvalue weighted by molar-refractivity contribution is -0.137. The monoisotopic (exact) mass is 279 g/mol. The fraction of sp³-hybridized carbons (Fsp3) is 0.765. The molecule has 3 heteroatoms. The Morgan fingerprint density at radius 3 is 2.15 bits per heavy atom. The van der Waals surface area contributed by atoms with E-state index in [9.17, 15) is 4.79 Å². The van der Waals surface area contributed by atoms with Crippen LogP contribution in [-0.2, 0) is 9.53 Å². The molecule has 0 unspecified atom stereocenters. The first-order valence-corrected chi connectivity index (χ1v) is 7.89. The second kappa shape index (κ2) is 14.1. The Kier molecular flexibility index (Phi) is 13.2. The number of ether oxygens (including phenoxy) is 1. The Morgan fingerprint density at radius 2 is 1.60 bits per heavy atom. The van der Waals surface area contributed by atoms with Crippen molar-refractivity contribution in [2.45, 2.75) is 71.6 Å². The van der Waals surface area contributed by atoms with E-state index < -0.39 is 5.97 Å². The number of rotatable bonds is 12. The minimum atomic E-state index is -0.420. The summed E-state index contributed by atoms with van der Waals surface area (Å²) in [6.07, 6.45) is 13.6. The van der Waals surface area contributed by atoms with Crippen molar-refractivity contribution in [2.75, 3.05) is 6.61 Å². The molecule has 0 aromatic rings. The van der Waals surface area contributed by atoms with Crippen LogP contribution in [0.4, 0.5) is 0 Å². The van der Waals surface area contributed by atoms with E-state index in [0.717, 1.165) is 30.9 Å². The third kappa shape index (κ3) is 14.8. The van der Waals surface area contributed by atoms with Crippen molar-refractivity contribution in [2.24, 2.45) is 5.92 Å². The van der Waals surface area contributed by atoms with Crippen LogP contribution in [0.3, 0.4) is 0 Å². The molecule has 0 atom stereocenters. The number of nitrogens with zero attached hydrogens (tertiary/aromatic N) is 1. The van der Waals surface area contributed by atoms with Gasteiger partial charge in [-0.2, -0.15) is 5.26 Å². The molecule has 3 nitrogen and oxygen atoms in total. The maximum Gasteiger partial charge on any atom is 0.331 e. The first kappa shape index (κ1) is 18.7. The lowest BCUT2D eigenvalue weighted by Gasteiger charge is -2.04. The summed E-state index contributed by atoms with van der Waals surface area (Å²) in [5, 5.41) is 8.24. The van der Waals surface area contributed by atoms with Gasteiger partial charge in [0.25, 0.3) is 0 Å². The molecule has 0 rings (SSSR count). The Balaban J connectivity index is 3.16. The zero-order valence-electron chi connectivity index (χ0n) is 13.1. The molecule has 20 heavy (non-hydrogen) atoms. The average Bonchev–Trinajstić information content (AvgIpc) is 2.42. The number of carbonyl (C=O) groups is 1. The topological polar surface area (TPSA) is 50.1 Å². The lowest BCUT2D eigenvalue weighted by atomic mass is 10.0. The van der Waals surface area contributed by atoms with Gasteiger partial charge in [-0.1, -0.05) is 65.2 Å². The largest absolute Gasteiger partial charge is 0.463 e. The van der Waals surface area contributed by atoms with Gasteiger partial charge < -0.3 is 4.74 Å². The standard InChI is InChI=1S/C17H29NO2/c1-16(2)12-9-7-5-3-4-6-8-10-15-20-17(19)13-11-14-18/h11,13,16H,3-10,12,15H2,1-2H3. The first-order valence-electron chi connectivity index (χ1n) is 7.89. The summed E-state index contributed by atoms with van der Waals surface area (Å²) in [6.45, 7) is 5.02. The molecule has 0 aliphatic carbocycles. The summed E-state index contributed by atoms with van der Waals surface area (Å²) in [4.78, 5) is 11.0. The van der Waals surface area contributed by atoms with Gasteiger partial charge in [0.2, 0.25) is 0 Å². The Morgan fingerprint density at radius 1 is 1.05 bits per heavy atom. The maximum atomic E-state index is 11.0. The number of nitriles is 1. The fourth-order valence-electron chi connectivity index (χ4n) is 2.04. The van der Waals surface area contributed by atoms with E-state index in [1.54, 1.807) is 6.07 Å². The van der Waals surface area contributed by atoms with E-state index in [1.165, 1.54) is 44.9 Å². The van der Waals surface area contributed by atoms with Crippen LogP contribution in [0.2, 0.25) is 0 Å². The van der Waals surface area contributed by atoms with Crippen molar-refractivity contribution in [3.63, 3.8) is 0 Å². The number of carbonyl (C=O) groups excluding carboxylic acids is 1. The van der Waals surface area contributed by atoms with Gasteiger partial charge in [0.1, 0.15) is 0 Å². The predicted octanol–water partition coefficient (Wildman–Crippen LogP) is 4.78. The SMILES string of the molecule is CC(C)CCCCCCCCCCOC(=O)C=CC#N. The summed E-state index contributed by atoms with van der Waals surface area (Å²) in [5.41, 5.74) is 0. The molecule has 0 saturated heterocycles. The number of esters is 1. The van der Waals surface area contributed by atoms with E-state index >= 15 is 0 Å². The molecule has 0 N–H and O–H groups in total. The van der Waals surface area contributed by atoms with E-state index in [0.29, 0.717) is 6.61 Å². The van der Waals surface area contributed by atoms with Gasteiger partial charge in [-0.15, -0.1) is 0 Å². The molecule has 114 valence electrons. The van der Waals surface area contributed by atoms with Gasteiger partial charge in [0.05, 0.1) is 12.7 Å². The molecule has 0 bridgehead atoms. The van der Waals surface area contributed by atoms with Gasteiger partial charge in [0, 0.05) is 12.2 Å². The Labute approximate surface area is 124 Å². The minimum absolute atomic E-state index is 0.420. The molecule has 0 radical (unpaired) electrons. The molecule has 0 heterocycles. The molecule has 0 saturated carbocycles. The number of allylic oxidation sites excluding steroid dienone is 1. The molecule has 0 aliphatic rings. The third-order valence-electron chi connectivity index (χ3n) is 3.21. The van der Waals surface area contributed by atoms with Crippen LogP contribution < -0.4 is 0 Å². The summed E-state index contributed by atoms with van der Waals surface area (Å²) in [5.74, 6) is 0.414. The van der Waals surface area contributed by atoms with Crippen LogP contribution in [0, 0.1) is 17.2 Å². The minimum Gasteiger partial charge on any atom is -0.463 e. The van der Waals surface area contributed by atoms with E-state index in [4.69, 9.17) is 10.00 Å². The molecule has 0 spiro atoms. The number of unbranched alkanes of at least 4 members (excludes halogenated alkanes) is 7. The molecular weight excluding hydrogens is 250 g/mol. The Hall–Kier alpha value is -1.30. The highest BCUT2D eigenvalue weighted by atomic mass is 16.5. The van der Waals surface area contributed by atoms with Crippen molar-refractivity contribution in [3.05, 3.63) is 12.2 Å². The number of hydrogen-bond donors (Lipinski definition) is 0. The average molecular weight is 279 g/mol. The highest BCUT2D eigenvalue weighted by Gasteiger charge is 1.97. The van der Waals surface area contributed by atoms with Crippen molar-refractivity contribution in [1.29, 1.82) is 5.26 Å². The highest BCUT2D eigenvalue weighted by molar-refractivity contribution is 5.82. The summed E-state index contributed by atoms with van der Waals surface area (Å²) in [6, 6.07) is 1.76. The van der Waals surface area contributed by atoms with Crippen molar-refractivity contribution in [3.8, 4) is 6.07 Å². The normalized spacial score (nSPS) is 10.9. The van der Waals surface area contributed by atoms with Crippen molar-refractivity contribution < 1.29 is 9.53 Å². The van der Waals surface area contributed by atoms with Gasteiger partial charge in [-0.05, 0) is 12.3 Å². The summed E-state index contributed by atoms with van der Waals surface area (Å²) in [7, 11) is 0. The van der Waals surface area contributed by atoms with Crippen LogP contribution in [0.1, 0.15) is 71.6 Å². The zero-order chi connectivity index (χ0) is 15.1. The molecule has 0 fully saturated rings. The van der Waals surface area contributed by atoms with Gasteiger partial charge in [-0.3, -0.25) is 0 Å². The maximum absolute atomic E-state index is 11.0. The second-order valence-corrected chi connectivity index (χ2v) is 5.64. The van der Waals surface area contributed by atoms with E-state index in [1.807, 2.05) is 0 Å². The van der Waals surface area contributed by atoms with Crippen molar-refractivity contribution in [1.82, 2.24) is 0 Å². The van der Waals surface area contributed by atoms with Crippen LogP contribution in [0.5, 0.6) is 0 Å². The van der Waals surface area contributed by atoms with Crippen LogP contribution in [-0.4, -0.2) is 12.6 Å². The van der Waals surface area contributed by atoms with Gasteiger partial charge >= 0.3 is 5.97 Å². The first-order chi connectivity index (χ1) is 9.66. The fourth-order valence-corrected chi connectivity index (χ4v) is 2.04. The second-order valence-electron chi connectivity index (χ2n) is 5.64. The molecular formula is C17H29NO2. The van der Waals surface area contributed by atoms with E-state index in [-0.39, 0.29) is 0 Å². The molecule has 0 aliphatic heterocycles. The quantitative estimate of drug-likeness (QED) is 0.224. The van der Waals surface area contributed by atoms with E-state index in [2.05, 4.69) is 13.8 Å². The zero-order valence-corrected chi connectivity index (χ0v) is 13.1.